The highest BCUT2D eigenvalue weighted by Crippen LogP contribution is 2.29. The maximum Gasteiger partial charge on any atom is 0.319 e. The normalized spacial score (nSPS) is 22.1. The van der Waals surface area contributed by atoms with Crippen LogP contribution in [0.1, 0.15) is 35.9 Å². The first-order valence-electron chi connectivity index (χ1n) is 9.80. The third-order valence-electron chi connectivity index (χ3n) is 5.40. The van der Waals surface area contributed by atoms with Crippen LogP contribution in [0.3, 0.4) is 0 Å². The van der Waals surface area contributed by atoms with Gasteiger partial charge in [0.2, 0.25) is 0 Å². The molecule has 0 aliphatic carbocycles. The highest BCUT2D eigenvalue weighted by atomic mass is 16.5. The maximum absolute atomic E-state index is 13.3. The molecule has 0 unspecified atom stereocenters. The molecule has 3 saturated heterocycles. The van der Waals surface area contributed by atoms with Crippen LogP contribution >= 0.6 is 0 Å². The Morgan fingerprint density at radius 3 is 2.74 bits per heavy atom. The second kappa shape index (κ2) is 8.29. The molecule has 2 bridgehead atoms. The highest BCUT2D eigenvalue weighted by molar-refractivity contribution is 5.93. The largest absolute Gasteiger partial charge is 0.380 e. The van der Waals surface area contributed by atoms with Gasteiger partial charge >= 0.3 is 6.03 Å². The third-order valence-corrected chi connectivity index (χ3v) is 5.40. The topological polar surface area (TPSA) is 70.9 Å². The van der Waals surface area contributed by atoms with Gasteiger partial charge in [-0.05, 0) is 38.7 Å². The van der Waals surface area contributed by atoms with Crippen molar-refractivity contribution in [1.29, 1.82) is 0 Å². The van der Waals surface area contributed by atoms with E-state index in [1.165, 1.54) is 0 Å². The summed E-state index contributed by atoms with van der Waals surface area (Å²) in [6.07, 6.45) is 2.01. The average Bonchev–Trinajstić information content (AvgIpc) is 2.81. The lowest BCUT2D eigenvalue weighted by molar-refractivity contribution is 0.0569. The van der Waals surface area contributed by atoms with Gasteiger partial charge in [0.25, 0.3) is 5.91 Å². The van der Waals surface area contributed by atoms with Crippen LogP contribution in [0.2, 0.25) is 0 Å². The average molecular weight is 377 g/mol. The number of aromatic nitrogens is 2. The summed E-state index contributed by atoms with van der Waals surface area (Å²) in [5, 5.41) is 4.47. The van der Waals surface area contributed by atoms with Crippen molar-refractivity contribution in [3.63, 3.8) is 0 Å². The lowest BCUT2D eigenvalue weighted by Gasteiger charge is -2.36. The number of amides is 3. The van der Waals surface area contributed by atoms with Gasteiger partial charge in [0.1, 0.15) is 5.69 Å². The molecule has 1 aromatic heterocycles. The molecule has 4 heterocycles. The summed E-state index contributed by atoms with van der Waals surface area (Å²) in [4.78, 5) is 31.2. The van der Waals surface area contributed by atoms with Gasteiger partial charge in [-0.15, -0.1) is 0 Å². The SMILES string of the molecule is CCOCCn1nc(C)cc1C(=O)N1C[C@@H]2CC[C@H]1CN(C(=O)N(C)C)C2. The number of hydrogen-bond donors (Lipinski definition) is 0. The van der Waals surface area contributed by atoms with Gasteiger partial charge in [-0.2, -0.15) is 5.10 Å². The minimum Gasteiger partial charge on any atom is -0.380 e. The highest BCUT2D eigenvalue weighted by Gasteiger charge is 2.39. The van der Waals surface area contributed by atoms with Crippen LogP contribution in [0.4, 0.5) is 4.79 Å². The second-order valence-electron chi connectivity index (χ2n) is 7.73. The fourth-order valence-electron chi connectivity index (χ4n) is 4.10. The molecule has 1 aromatic rings. The Kier molecular flexibility index (Phi) is 6.04. The fourth-order valence-corrected chi connectivity index (χ4v) is 4.10. The van der Waals surface area contributed by atoms with E-state index in [0.717, 1.165) is 25.1 Å². The number of piperidine rings is 1. The van der Waals surface area contributed by atoms with Crippen molar-refractivity contribution in [3.8, 4) is 0 Å². The molecule has 2 atom stereocenters. The van der Waals surface area contributed by atoms with E-state index in [2.05, 4.69) is 5.10 Å². The van der Waals surface area contributed by atoms with Gasteiger partial charge in [0.15, 0.2) is 0 Å². The van der Waals surface area contributed by atoms with Gasteiger partial charge in [-0.1, -0.05) is 0 Å². The molecule has 8 nitrogen and oxygen atoms in total. The summed E-state index contributed by atoms with van der Waals surface area (Å²) in [5.74, 6) is 0.346. The lowest BCUT2D eigenvalue weighted by atomic mass is 9.94. The molecule has 150 valence electrons. The first kappa shape index (κ1) is 19.7. The van der Waals surface area contributed by atoms with Gasteiger partial charge in [0, 0.05) is 46.4 Å². The zero-order valence-electron chi connectivity index (χ0n) is 16.8. The summed E-state index contributed by atoms with van der Waals surface area (Å²) in [5.41, 5.74) is 1.45. The molecule has 0 saturated carbocycles. The smallest absolute Gasteiger partial charge is 0.319 e. The summed E-state index contributed by atoms with van der Waals surface area (Å²) in [7, 11) is 3.55. The Labute approximate surface area is 161 Å². The number of ether oxygens (including phenoxy) is 1. The van der Waals surface area contributed by atoms with E-state index in [1.807, 2.05) is 29.7 Å². The van der Waals surface area contributed by atoms with Gasteiger partial charge in [-0.3, -0.25) is 9.48 Å². The molecule has 3 amide bonds. The van der Waals surface area contributed by atoms with Crippen molar-refractivity contribution >= 4 is 11.9 Å². The number of urea groups is 1. The first-order chi connectivity index (χ1) is 12.9. The molecular weight excluding hydrogens is 346 g/mol. The first-order valence-corrected chi connectivity index (χ1v) is 9.80. The van der Waals surface area contributed by atoms with E-state index in [9.17, 15) is 9.59 Å². The number of nitrogens with zero attached hydrogens (tertiary/aromatic N) is 5. The molecule has 27 heavy (non-hydrogen) atoms. The number of rotatable bonds is 5. The van der Waals surface area contributed by atoms with Gasteiger partial charge in [-0.25, -0.2) is 4.79 Å². The van der Waals surface area contributed by atoms with E-state index in [1.54, 1.807) is 23.7 Å². The molecular formula is C19H31N5O3. The fraction of sp³-hybridized carbons (Fsp3) is 0.737. The van der Waals surface area contributed by atoms with Crippen molar-refractivity contribution in [2.45, 2.75) is 39.3 Å². The lowest BCUT2D eigenvalue weighted by Crippen LogP contribution is -2.49. The number of carbonyl (C=O) groups excluding carboxylic acids is 2. The van der Waals surface area contributed by atoms with Crippen molar-refractivity contribution in [1.82, 2.24) is 24.5 Å². The minimum atomic E-state index is 0.0148. The van der Waals surface area contributed by atoms with E-state index in [0.29, 0.717) is 44.5 Å². The molecule has 3 aliphatic rings. The van der Waals surface area contributed by atoms with Crippen LogP contribution in [0.15, 0.2) is 6.07 Å². The Morgan fingerprint density at radius 2 is 2.04 bits per heavy atom. The zero-order valence-corrected chi connectivity index (χ0v) is 16.8. The Morgan fingerprint density at radius 1 is 1.26 bits per heavy atom. The quantitative estimate of drug-likeness (QED) is 0.728. The van der Waals surface area contributed by atoms with Crippen molar-refractivity contribution in [2.24, 2.45) is 5.92 Å². The molecule has 0 aromatic carbocycles. The predicted octanol–water partition coefficient (Wildman–Crippen LogP) is 1.45. The minimum absolute atomic E-state index is 0.0148. The number of hydrogen-bond acceptors (Lipinski definition) is 4. The Hall–Kier alpha value is -2.09. The number of fused-ring (bicyclic) bond motifs is 4. The number of carbonyl (C=O) groups is 2. The number of aryl methyl sites for hydroxylation is 1. The van der Waals surface area contributed by atoms with Crippen LogP contribution < -0.4 is 0 Å². The second-order valence-corrected chi connectivity index (χ2v) is 7.73. The van der Waals surface area contributed by atoms with Crippen LogP contribution in [0, 0.1) is 12.8 Å². The van der Waals surface area contributed by atoms with E-state index in [-0.39, 0.29) is 18.0 Å². The third kappa shape index (κ3) is 4.26. The Bertz CT molecular complexity index is 687. The molecule has 4 rings (SSSR count). The summed E-state index contributed by atoms with van der Waals surface area (Å²) in [6.45, 7) is 7.64. The van der Waals surface area contributed by atoms with Crippen LogP contribution in [-0.2, 0) is 11.3 Å². The van der Waals surface area contributed by atoms with Crippen molar-refractivity contribution < 1.29 is 14.3 Å². The monoisotopic (exact) mass is 377 g/mol. The van der Waals surface area contributed by atoms with Gasteiger partial charge < -0.3 is 19.4 Å². The van der Waals surface area contributed by atoms with E-state index in [4.69, 9.17) is 4.74 Å². The molecule has 3 fully saturated rings. The van der Waals surface area contributed by atoms with Crippen LogP contribution in [0.5, 0.6) is 0 Å². The molecule has 0 radical (unpaired) electrons. The molecule has 3 aliphatic heterocycles. The van der Waals surface area contributed by atoms with Crippen LogP contribution in [-0.4, -0.2) is 89.4 Å². The standard InChI is InChI=1S/C19H31N5O3/c1-5-27-9-8-24-17(10-14(2)20-24)18(25)23-12-15-6-7-16(23)13-22(11-15)19(26)21(3)4/h10,15-16H,5-9,11-13H2,1-4H3/t15-,16+/m1/s1. The van der Waals surface area contributed by atoms with Gasteiger partial charge in [0.05, 0.1) is 18.8 Å². The molecule has 0 N–H and O–H groups in total. The van der Waals surface area contributed by atoms with E-state index >= 15 is 0 Å². The maximum atomic E-state index is 13.3. The summed E-state index contributed by atoms with van der Waals surface area (Å²) in [6, 6.07) is 1.95. The van der Waals surface area contributed by atoms with Crippen molar-refractivity contribution in [2.75, 3.05) is 46.9 Å². The zero-order chi connectivity index (χ0) is 19.6. The van der Waals surface area contributed by atoms with E-state index < -0.39 is 0 Å². The predicted molar refractivity (Wildman–Crippen MR) is 102 cm³/mol. The summed E-state index contributed by atoms with van der Waals surface area (Å²) >= 11 is 0. The molecule has 0 spiro atoms. The van der Waals surface area contributed by atoms with Crippen molar-refractivity contribution in [3.05, 3.63) is 17.5 Å². The summed E-state index contributed by atoms with van der Waals surface area (Å²) < 4.78 is 7.18. The van der Waals surface area contributed by atoms with Crippen LogP contribution in [0.25, 0.3) is 0 Å². The molecule has 8 heteroatoms. The Balaban J connectivity index is 1.77.